The van der Waals surface area contributed by atoms with E-state index in [2.05, 4.69) is 35.7 Å². The van der Waals surface area contributed by atoms with Gasteiger partial charge in [-0.25, -0.2) is 0 Å². The van der Waals surface area contributed by atoms with E-state index in [9.17, 15) is 0 Å². The number of hydrogen-bond acceptors (Lipinski definition) is 1. The molecule has 0 aromatic heterocycles. The fourth-order valence-electron chi connectivity index (χ4n) is 1.05. The SMILES string of the molecule is C=C(C)c1cccc(N(C)C)c1. The number of rotatable bonds is 2. The molecule has 0 unspecified atom stereocenters. The molecular formula is C11H15N. The second kappa shape index (κ2) is 3.44. The topological polar surface area (TPSA) is 3.24 Å². The minimum absolute atomic E-state index is 1.11. The molecule has 0 aliphatic heterocycles. The van der Waals surface area contributed by atoms with Gasteiger partial charge in [-0.3, -0.25) is 0 Å². The predicted octanol–water partition coefficient (Wildman–Crippen LogP) is 2.79. The van der Waals surface area contributed by atoms with Gasteiger partial charge in [0.2, 0.25) is 0 Å². The molecule has 1 aromatic carbocycles. The lowest BCUT2D eigenvalue weighted by atomic mass is 10.1. The third-order valence-electron chi connectivity index (χ3n) is 1.86. The fraction of sp³-hybridized carbons (Fsp3) is 0.273. The number of benzene rings is 1. The van der Waals surface area contributed by atoms with Crippen LogP contribution in [0.2, 0.25) is 0 Å². The summed E-state index contributed by atoms with van der Waals surface area (Å²) in [5, 5.41) is 0. The number of hydrogen-bond donors (Lipinski definition) is 0. The van der Waals surface area contributed by atoms with Gasteiger partial charge in [0.15, 0.2) is 0 Å². The van der Waals surface area contributed by atoms with Gasteiger partial charge < -0.3 is 4.90 Å². The monoisotopic (exact) mass is 161 g/mol. The van der Waals surface area contributed by atoms with Gasteiger partial charge in [0, 0.05) is 19.8 Å². The lowest BCUT2D eigenvalue weighted by Gasteiger charge is -2.13. The molecule has 0 aliphatic rings. The van der Waals surface area contributed by atoms with Gasteiger partial charge >= 0.3 is 0 Å². The summed E-state index contributed by atoms with van der Waals surface area (Å²) in [6.07, 6.45) is 0. The summed E-state index contributed by atoms with van der Waals surface area (Å²) in [5.41, 5.74) is 3.54. The van der Waals surface area contributed by atoms with Gasteiger partial charge in [-0.05, 0) is 24.6 Å². The van der Waals surface area contributed by atoms with E-state index in [1.54, 1.807) is 0 Å². The van der Waals surface area contributed by atoms with Crippen LogP contribution in [-0.4, -0.2) is 14.1 Å². The molecule has 0 N–H and O–H groups in total. The third kappa shape index (κ3) is 1.88. The van der Waals surface area contributed by atoms with E-state index in [0.717, 1.165) is 5.57 Å². The van der Waals surface area contributed by atoms with Gasteiger partial charge in [-0.15, -0.1) is 0 Å². The number of anilines is 1. The smallest absolute Gasteiger partial charge is 0.0367 e. The largest absolute Gasteiger partial charge is 0.378 e. The molecule has 1 nitrogen and oxygen atoms in total. The highest BCUT2D eigenvalue weighted by atomic mass is 15.1. The van der Waals surface area contributed by atoms with Crippen LogP contribution in [0.4, 0.5) is 5.69 Å². The first-order chi connectivity index (χ1) is 5.61. The highest BCUT2D eigenvalue weighted by molar-refractivity contribution is 5.65. The summed E-state index contributed by atoms with van der Waals surface area (Å²) in [4.78, 5) is 2.09. The van der Waals surface area contributed by atoms with E-state index in [1.807, 2.05) is 21.0 Å². The molecule has 12 heavy (non-hydrogen) atoms. The zero-order valence-corrected chi connectivity index (χ0v) is 7.96. The van der Waals surface area contributed by atoms with Crippen LogP contribution < -0.4 is 4.90 Å². The standard InChI is InChI=1S/C11H15N/c1-9(2)10-6-5-7-11(8-10)12(3)4/h5-8H,1H2,2-4H3. The Morgan fingerprint density at radius 1 is 1.33 bits per heavy atom. The van der Waals surface area contributed by atoms with Crippen LogP contribution in [0.15, 0.2) is 30.8 Å². The molecule has 1 aromatic rings. The van der Waals surface area contributed by atoms with Crippen molar-refractivity contribution in [2.75, 3.05) is 19.0 Å². The lowest BCUT2D eigenvalue weighted by Crippen LogP contribution is -2.08. The van der Waals surface area contributed by atoms with Crippen molar-refractivity contribution in [3.63, 3.8) is 0 Å². The Morgan fingerprint density at radius 2 is 2.00 bits per heavy atom. The van der Waals surface area contributed by atoms with E-state index in [4.69, 9.17) is 0 Å². The molecule has 0 bridgehead atoms. The zero-order chi connectivity index (χ0) is 9.14. The van der Waals surface area contributed by atoms with E-state index in [1.165, 1.54) is 11.3 Å². The van der Waals surface area contributed by atoms with E-state index in [-0.39, 0.29) is 0 Å². The molecule has 0 heterocycles. The van der Waals surface area contributed by atoms with Crippen molar-refractivity contribution in [3.05, 3.63) is 36.4 Å². The van der Waals surface area contributed by atoms with Gasteiger partial charge in [0.25, 0.3) is 0 Å². The average molecular weight is 161 g/mol. The summed E-state index contributed by atoms with van der Waals surface area (Å²) in [7, 11) is 4.08. The van der Waals surface area contributed by atoms with Crippen LogP contribution in [0.25, 0.3) is 5.57 Å². The quantitative estimate of drug-likeness (QED) is 0.644. The highest BCUT2D eigenvalue weighted by Gasteiger charge is 1.96. The Balaban J connectivity index is 3.04. The Bertz CT molecular complexity index is 287. The molecule has 0 saturated carbocycles. The first-order valence-electron chi connectivity index (χ1n) is 4.04. The van der Waals surface area contributed by atoms with E-state index >= 15 is 0 Å². The van der Waals surface area contributed by atoms with Gasteiger partial charge in [-0.1, -0.05) is 24.3 Å². The fourth-order valence-corrected chi connectivity index (χ4v) is 1.05. The van der Waals surface area contributed by atoms with Crippen LogP contribution >= 0.6 is 0 Å². The Hall–Kier alpha value is -1.24. The van der Waals surface area contributed by atoms with Crippen LogP contribution in [0, 0.1) is 0 Å². The molecule has 1 rings (SSSR count). The molecule has 0 aliphatic carbocycles. The summed E-state index contributed by atoms with van der Waals surface area (Å²) in [6, 6.07) is 8.36. The van der Waals surface area contributed by atoms with Crippen LogP contribution in [0.3, 0.4) is 0 Å². The lowest BCUT2D eigenvalue weighted by molar-refractivity contribution is 1.13. The third-order valence-corrected chi connectivity index (χ3v) is 1.86. The second-order valence-corrected chi connectivity index (χ2v) is 3.23. The Kier molecular flexibility index (Phi) is 2.54. The summed E-state index contributed by atoms with van der Waals surface area (Å²) >= 11 is 0. The molecular weight excluding hydrogens is 146 g/mol. The molecule has 1 heteroatoms. The van der Waals surface area contributed by atoms with Crippen molar-refractivity contribution in [1.29, 1.82) is 0 Å². The minimum atomic E-state index is 1.11. The molecule has 0 radical (unpaired) electrons. The molecule has 0 saturated heterocycles. The molecule has 0 fully saturated rings. The van der Waals surface area contributed by atoms with Crippen molar-refractivity contribution < 1.29 is 0 Å². The minimum Gasteiger partial charge on any atom is -0.378 e. The van der Waals surface area contributed by atoms with Gasteiger partial charge in [0.1, 0.15) is 0 Å². The summed E-state index contributed by atoms with van der Waals surface area (Å²) < 4.78 is 0. The molecule has 0 atom stereocenters. The number of nitrogens with zero attached hydrogens (tertiary/aromatic N) is 1. The second-order valence-electron chi connectivity index (χ2n) is 3.23. The Morgan fingerprint density at radius 3 is 2.50 bits per heavy atom. The van der Waals surface area contributed by atoms with Crippen LogP contribution in [0.1, 0.15) is 12.5 Å². The van der Waals surface area contributed by atoms with Gasteiger partial charge in [-0.2, -0.15) is 0 Å². The van der Waals surface area contributed by atoms with Crippen LogP contribution in [0.5, 0.6) is 0 Å². The molecule has 0 spiro atoms. The van der Waals surface area contributed by atoms with E-state index in [0.29, 0.717) is 0 Å². The number of allylic oxidation sites excluding steroid dienone is 1. The first-order valence-corrected chi connectivity index (χ1v) is 4.04. The van der Waals surface area contributed by atoms with Crippen LogP contribution in [-0.2, 0) is 0 Å². The van der Waals surface area contributed by atoms with Crippen molar-refractivity contribution in [1.82, 2.24) is 0 Å². The van der Waals surface area contributed by atoms with Crippen molar-refractivity contribution >= 4 is 11.3 Å². The van der Waals surface area contributed by atoms with Crippen molar-refractivity contribution in [2.24, 2.45) is 0 Å². The predicted molar refractivity (Wildman–Crippen MR) is 55.5 cm³/mol. The average Bonchev–Trinajstić information content (AvgIpc) is 2.04. The summed E-state index contributed by atoms with van der Waals surface area (Å²) in [6.45, 7) is 5.93. The maximum absolute atomic E-state index is 3.91. The van der Waals surface area contributed by atoms with E-state index < -0.39 is 0 Å². The first kappa shape index (κ1) is 8.85. The maximum Gasteiger partial charge on any atom is 0.0367 e. The van der Waals surface area contributed by atoms with Gasteiger partial charge in [0.05, 0.1) is 0 Å². The molecule has 0 amide bonds. The summed E-state index contributed by atoms with van der Waals surface area (Å²) in [5.74, 6) is 0. The van der Waals surface area contributed by atoms with Crippen molar-refractivity contribution in [2.45, 2.75) is 6.92 Å². The molecule has 64 valence electrons. The maximum atomic E-state index is 3.91. The zero-order valence-electron chi connectivity index (χ0n) is 7.96. The Labute approximate surface area is 74.3 Å². The normalized spacial score (nSPS) is 9.58. The highest BCUT2D eigenvalue weighted by Crippen LogP contribution is 2.18. The van der Waals surface area contributed by atoms with Crippen molar-refractivity contribution in [3.8, 4) is 0 Å².